The lowest BCUT2D eigenvalue weighted by atomic mass is 9.84. The van der Waals surface area contributed by atoms with Gasteiger partial charge < -0.3 is 5.11 Å². The van der Waals surface area contributed by atoms with Crippen molar-refractivity contribution in [3.63, 3.8) is 0 Å². The Labute approximate surface area is 86.3 Å². The molecule has 0 aromatic heterocycles. The van der Waals surface area contributed by atoms with Gasteiger partial charge in [-0.05, 0) is 24.1 Å². The van der Waals surface area contributed by atoms with Gasteiger partial charge in [0.25, 0.3) is 0 Å². The van der Waals surface area contributed by atoms with E-state index in [9.17, 15) is 9.59 Å². The lowest BCUT2D eigenvalue weighted by Crippen LogP contribution is -2.38. The molecule has 0 aliphatic carbocycles. The van der Waals surface area contributed by atoms with Crippen LogP contribution >= 0.6 is 11.6 Å². The van der Waals surface area contributed by atoms with Gasteiger partial charge in [0.1, 0.15) is 0 Å². The van der Waals surface area contributed by atoms with Crippen molar-refractivity contribution in [3.8, 4) is 0 Å². The molecule has 0 heterocycles. The Kier molecular flexibility index (Phi) is 2.91. The van der Waals surface area contributed by atoms with Crippen LogP contribution in [0.2, 0.25) is 0 Å². The molecule has 0 amide bonds. The van der Waals surface area contributed by atoms with Gasteiger partial charge in [0, 0.05) is 0 Å². The molecule has 0 saturated carbocycles. The largest absolute Gasteiger partial charge is 0.480 e. The summed E-state index contributed by atoms with van der Waals surface area (Å²) in [5.74, 6) is -1.25. The molecule has 1 aromatic carbocycles. The molecule has 1 unspecified atom stereocenters. The summed E-state index contributed by atoms with van der Waals surface area (Å²) >= 11 is 5.29. The maximum atomic E-state index is 11.1. The molecule has 0 saturated heterocycles. The number of hydrogen-bond donors (Lipinski definition) is 1. The van der Waals surface area contributed by atoms with Crippen LogP contribution in [0.5, 0.6) is 0 Å². The normalized spacial score (nSPS) is 14.4. The minimum Gasteiger partial charge on any atom is -0.480 e. The van der Waals surface area contributed by atoms with E-state index in [0.29, 0.717) is 5.56 Å². The van der Waals surface area contributed by atoms with Crippen molar-refractivity contribution >= 4 is 22.8 Å². The first kappa shape index (κ1) is 10.7. The third-order valence-corrected chi connectivity index (χ3v) is 2.55. The summed E-state index contributed by atoms with van der Waals surface area (Å²) in [4.78, 5) is 22.1. The van der Waals surface area contributed by atoms with Crippen LogP contribution in [0.4, 0.5) is 0 Å². The predicted octanol–water partition coefficient (Wildman–Crippen LogP) is 1.79. The van der Waals surface area contributed by atoms with Crippen LogP contribution in [-0.4, -0.2) is 16.3 Å². The number of aliphatic carboxylic acids is 1. The van der Waals surface area contributed by atoms with Gasteiger partial charge in [-0.25, -0.2) is 0 Å². The van der Waals surface area contributed by atoms with Gasteiger partial charge in [0.15, 0.2) is 5.41 Å². The van der Waals surface area contributed by atoms with E-state index in [1.807, 2.05) is 0 Å². The summed E-state index contributed by atoms with van der Waals surface area (Å²) in [6, 6.07) is 8.19. The average Bonchev–Trinajstić information content (AvgIpc) is 2.17. The van der Waals surface area contributed by atoms with Crippen LogP contribution in [0.15, 0.2) is 30.3 Å². The Hall–Kier alpha value is -1.35. The quantitative estimate of drug-likeness (QED) is 0.614. The van der Waals surface area contributed by atoms with Crippen molar-refractivity contribution in [2.45, 2.75) is 12.3 Å². The number of hydrogen-bond acceptors (Lipinski definition) is 2. The third-order valence-electron chi connectivity index (χ3n) is 2.17. The summed E-state index contributed by atoms with van der Waals surface area (Å²) in [5.41, 5.74) is -1.28. The fraction of sp³-hybridized carbons (Fsp3) is 0.200. The van der Waals surface area contributed by atoms with Crippen molar-refractivity contribution < 1.29 is 14.7 Å². The van der Waals surface area contributed by atoms with Crippen molar-refractivity contribution in [3.05, 3.63) is 35.9 Å². The molecular formula is C10H9ClO3. The molecule has 0 aliphatic rings. The molecule has 1 rings (SSSR count). The second-order valence-corrected chi connectivity index (χ2v) is 3.41. The zero-order valence-electron chi connectivity index (χ0n) is 7.53. The zero-order chi connectivity index (χ0) is 10.8. The van der Waals surface area contributed by atoms with Crippen molar-refractivity contribution in [1.82, 2.24) is 0 Å². The summed E-state index contributed by atoms with van der Waals surface area (Å²) in [6.07, 6.45) is 0. The highest BCUT2D eigenvalue weighted by Gasteiger charge is 2.41. The number of rotatable bonds is 3. The highest BCUT2D eigenvalue weighted by atomic mass is 35.5. The molecule has 0 bridgehead atoms. The topological polar surface area (TPSA) is 54.4 Å². The Balaban J connectivity index is 3.27. The predicted molar refractivity (Wildman–Crippen MR) is 52.3 cm³/mol. The van der Waals surface area contributed by atoms with Crippen molar-refractivity contribution in [2.75, 3.05) is 0 Å². The van der Waals surface area contributed by atoms with Crippen LogP contribution in [0, 0.1) is 0 Å². The smallest absolute Gasteiger partial charge is 0.322 e. The van der Waals surface area contributed by atoms with E-state index in [1.165, 1.54) is 6.92 Å². The molecular weight excluding hydrogens is 204 g/mol. The lowest BCUT2D eigenvalue weighted by molar-refractivity contribution is -0.146. The second-order valence-electron chi connectivity index (χ2n) is 3.07. The maximum Gasteiger partial charge on any atom is 0.322 e. The molecule has 0 aliphatic heterocycles. The number of carbonyl (C=O) groups excluding carboxylic acids is 1. The van der Waals surface area contributed by atoms with Gasteiger partial charge in [-0.15, -0.1) is 0 Å². The molecule has 0 radical (unpaired) electrons. The Morgan fingerprint density at radius 3 is 2.14 bits per heavy atom. The minimum absolute atomic E-state index is 0.382. The van der Waals surface area contributed by atoms with Crippen LogP contribution in [-0.2, 0) is 15.0 Å². The molecule has 3 nitrogen and oxygen atoms in total. The van der Waals surface area contributed by atoms with E-state index in [0.717, 1.165) is 0 Å². The van der Waals surface area contributed by atoms with Gasteiger partial charge in [-0.3, -0.25) is 9.59 Å². The second kappa shape index (κ2) is 3.80. The van der Waals surface area contributed by atoms with E-state index < -0.39 is 16.6 Å². The number of carboxylic acid groups (broad SMARTS) is 1. The molecule has 1 N–H and O–H groups in total. The van der Waals surface area contributed by atoms with E-state index in [1.54, 1.807) is 30.3 Å². The molecule has 14 heavy (non-hydrogen) atoms. The standard InChI is InChI=1S/C10H9ClO3/c1-10(8(11)12,9(13)14)7-5-3-2-4-6-7/h2-6H,1H3,(H,13,14). The highest BCUT2D eigenvalue weighted by molar-refractivity contribution is 6.67. The van der Waals surface area contributed by atoms with E-state index in [-0.39, 0.29) is 0 Å². The first-order valence-electron chi connectivity index (χ1n) is 3.98. The first-order valence-corrected chi connectivity index (χ1v) is 4.36. The molecule has 4 heteroatoms. The van der Waals surface area contributed by atoms with Crippen LogP contribution < -0.4 is 0 Å². The van der Waals surface area contributed by atoms with E-state index in [4.69, 9.17) is 16.7 Å². The molecule has 1 atom stereocenters. The van der Waals surface area contributed by atoms with Crippen molar-refractivity contribution in [2.24, 2.45) is 0 Å². The number of carbonyl (C=O) groups is 2. The van der Waals surface area contributed by atoms with E-state index in [2.05, 4.69) is 0 Å². The van der Waals surface area contributed by atoms with Gasteiger partial charge in [-0.2, -0.15) is 0 Å². The Morgan fingerprint density at radius 1 is 1.29 bits per heavy atom. The third kappa shape index (κ3) is 1.63. The molecule has 74 valence electrons. The molecule has 1 aromatic rings. The number of benzene rings is 1. The number of halogens is 1. The van der Waals surface area contributed by atoms with E-state index >= 15 is 0 Å². The Morgan fingerprint density at radius 2 is 1.79 bits per heavy atom. The fourth-order valence-electron chi connectivity index (χ4n) is 1.09. The van der Waals surface area contributed by atoms with Gasteiger partial charge in [0.2, 0.25) is 5.24 Å². The lowest BCUT2D eigenvalue weighted by Gasteiger charge is -2.20. The van der Waals surface area contributed by atoms with Gasteiger partial charge in [0.05, 0.1) is 0 Å². The summed E-state index contributed by atoms with van der Waals surface area (Å²) in [6.45, 7) is 1.29. The summed E-state index contributed by atoms with van der Waals surface area (Å²) < 4.78 is 0. The Bertz CT molecular complexity index is 345. The van der Waals surface area contributed by atoms with Crippen LogP contribution in [0.25, 0.3) is 0 Å². The molecule has 0 fully saturated rings. The zero-order valence-corrected chi connectivity index (χ0v) is 8.28. The molecule has 0 spiro atoms. The fourth-order valence-corrected chi connectivity index (χ4v) is 1.28. The summed E-state index contributed by atoms with van der Waals surface area (Å²) in [7, 11) is 0. The monoisotopic (exact) mass is 212 g/mol. The number of carboxylic acids is 1. The van der Waals surface area contributed by atoms with Gasteiger partial charge >= 0.3 is 5.97 Å². The van der Waals surface area contributed by atoms with Crippen LogP contribution in [0.3, 0.4) is 0 Å². The van der Waals surface area contributed by atoms with Gasteiger partial charge in [-0.1, -0.05) is 30.3 Å². The SMILES string of the molecule is CC(C(=O)O)(C(=O)Cl)c1ccccc1. The average molecular weight is 213 g/mol. The summed E-state index contributed by atoms with van der Waals surface area (Å²) in [5, 5.41) is 8.06. The first-order chi connectivity index (χ1) is 6.49. The maximum absolute atomic E-state index is 11.1. The van der Waals surface area contributed by atoms with Crippen molar-refractivity contribution in [1.29, 1.82) is 0 Å². The highest BCUT2D eigenvalue weighted by Crippen LogP contribution is 2.26. The minimum atomic E-state index is -1.66. The van der Waals surface area contributed by atoms with Crippen LogP contribution in [0.1, 0.15) is 12.5 Å².